The first-order valence-corrected chi connectivity index (χ1v) is 16.4. The summed E-state index contributed by atoms with van der Waals surface area (Å²) in [5.74, 6) is 2.93. The number of carbonyl (C=O) groups excluding carboxylic acids is 4. The van der Waals surface area contributed by atoms with Gasteiger partial charge in [-0.2, -0.15) is 0 Å². The van der Waals surface area contributed by atoms with Crippen molar-refractivity contribution in [1.82, 2.24) is 10.2 Å². The third kappa shape index (κ3) is 5.72. The van der Waals surface area contributed by atoms with Crippen LogP contribution >= 0.6 is 0 Å². The van der Waals surface area contributed by atoms with Crippen LogP contribution in [0.1, 0.15) is 46.0 Å². The number of aliphatic hydroxyl groups is 1. The Morgan fingerprint density at radius 3 is 2.24 bits per heavy atom. The van der Waals surface area contributed by atoms with Gasteiger partial charge < -0.3 is 36.7 Å². The van der Waals surface area contributed by atoms with Crippen LogP contribution in [0.4, 0.5) is 10.5 Å². The van der Waals surface area contributed by atoms with Crippen LogP contribution in [-0.4, -0.2) is 59.6 Å². The topological polar surface area (TPSA) is 186 Å². The third-order valence-electron chi connectivity index (χ3n) is 9.75. The van der Waals surface area contributed by atoms with Crippen molar-refractivity contribution in [1.29, 1.82) is 0 Å². The zero-order chi connectivity index (χ0) is 35.7. The van der Waals surface area contributed by atoms with Crippen LogP contribution < -0.4 is 26.8 Å². The van der Waals surface area contributed by atoms with Crippen molar-refractivity contribution >= 4 is 29.5 Å². The number of nitrogens with zero attached hydrogens (tertiary/aromatic N) is 1. The Balaban J connectivity index is 1.49. The van der Waals surface area contributed by atoms with E-state index in [2.05, 4.69) is 22.5 Å². The third-order valence-corrected chi connectivity index (χ3v) is 9.75. The SMILES string of the molecule is NC(=O)NCC#Cc1ccc2c(c1)[C@]1(C(=O)N2)[C@H](c2ccc(OCCO)cc2)N2[C@H](c3ccccc3)[C@H](c3ccccc3)OC(=O)[C@H]2[C@@H]1C(N)=O. The van der Waals surface area contributed by atoms with Crippen LogP contribution in [0.2, 0.25) is 0 Å². The lowest BCUT2D eigenvalue weighted by atomic mass is 9.65. The summed E-state index contributed by atoms with van der Waals surface area (Å²) in [4.78, 5) is 56.3. The van der Waals surface area contributed by atoms with Crippen molar-refractivity contribution in [3.8, 4) is 17.6 Å². The highest BCUT2D eigenvalue weighted by Gasteiger charge is 2.73. The Bertz CT molecular complexity index is 2050. The largest absolute Gasteiger partial charge is 0.491 e. The molecule has 0 radical (unpaired) electrons. The number of nitrogens with two attached hydrogens (primary N) is 2. The van der Waals surface area contributed by atoms with Crippen molar-refractivity contribution in [3.05, 3.63) is 131 Å². The van der Waals surface area contributed by atoms with E-state index in [1.807, 2.05) is 65.6 Å². The van der Waals surface area contributed by atoms with E-state index in [9.17, 15) is 24.3 Å². The van der Waals surface area contributed by atoms with Crippen molar-refractivity contribution < 1.29 is 33.8 Å². The van der Waals surface area contributed by atoms with E-state index in [0.29, 0.717) is 28.1 Å². The second-order valence-corrected chi connectivity index (χ2v) is 12.5. The first-order valence-electron chi connectivity index (χ1n) is 16.4. The predicted molar refractivity (Wildman–Crippen MR) is 186 cm³/mol. The van der Waals surface area contributed by atoms with Crippen LogP contribution in [-0.2, 0) is 24.5 Å². The van der Waals surface area contributed by atoms with Crippen LogP contribution in [0, 0.1) is 17.8 Å². The van der Waals surface area contributed by atoms with Gasteiger partial charge in [0.05, 0.1) is 31.2 Å². The van der Waals surface area contributed by atoms with Gasteiger partial charge in [0.1, 0.15) is 29.9 Å². The first-order chi connectivity index (χ1) is 24.7. The molecule has 4 aromatic carbocycles. The Labute approximate surface area is 293 Å². The lowest BCUT2D eigenvalue weighted by molar-refractivity contribution is -0.178. The molecule has 2 fully saturated rings. The molecule has 3 aliphatic heterocycles. The zero-order valence-electron chi connectivity index (χ0n) is 27.3. The maximum Gasteiger partial charge on any atom is 0.324 e. The van der Waals surface area contributed by atoms with E-state index in [0.717, 1.165) is 11.1 Å². The van der Waals surface area contributed by atoms with Gasteiger partial charge in [0, 0.05) is 11.3 Å². The highest BCUT2D eigenvalue weighted by molar-refractivity contribution is 6.12. The second kappa shape index (κ2) is 13.6. The molecular formula is C39H35N5O7. The Morgan fingerprint density at radius 1 is 0.902 bits per heavy atom. The van der Waals surface area contributed by atoms with Gasteiger partial charge >= 0.3 is 12.0 Å². The number of benzene rings is 4. The number of nitrogens with one attached hydrogen (secondary N) is 2. The molecule has 2 saturated heterocycles. The van der Waals surface area contributed by atoms with E-state index >= 15 is 0 Å². The monoisotopic (exact) mass is 685 g/mol. The van der Waals surface area contributed by atoms with Crippen molar-refractivity contribution in [2.75, 3.05) is 25.1 Å². The molecule has 6 atom stereocenters. The van der Waals surface area contributed by atoms with Crippen LogP contribution in [0.5, 0.6) is 5.75 Å². The van der Waals surface area contributed by atoms with Gasteiger partial charge in [-0.3, -0.25) is 19.3 Å². The Morgan fingerprint density at radius 2 is 1.59 bits per heavy atom. The number of hydrogen-bond acceptors (Lipinski definition) is 8. The molecule has 258 valence electrons. The van der Waals surface area contributed by atoms with Gasteiger partial charge in [-0.1, -0.05) is 84.6 Å². The number of primary amides is 2. The number of amides is 4. The summed E-state index contributed by atoms with van der Waals surface area (Å²) in [6.45, 7) is -0.0983. The van der Waals surface area contributed by atoms with Crippen molar-refractivity contribution in [2.24, 2.45) is 17.4 Å². The minimum absolute atomic E-state index is 0.00665. The van der Waals surface area contributed by atoms with Gasteiger partial charge in [-0.25, -0.2) is 4.79 Å². The number of urea groups is 1. The van der Waals surface area contributed by atoms with Crippen molar-refractivity contribution in [2.45, 2.75) is 29.6 Å². The van der Waals surface area contributed by atoms with E-state index in [4.69, 9.17) is 20.9 Å². The summed E-state index contributed by atoms with van der Waals surface area (Å²) in [7, 11) is 0. The molecular weight excluding hydrogens is 650 g/mol. The van der Waals surface area contributed by atoms with Gasteiger partial charge in [0.15, 0.2) is 0 Å². The average Bonchev–Trinajstić information content (AvgIpc) is 3.62. The normalized spacial score (nSPS) is 24.8. The summed E-state index contributed by atoms with van der Waals surface area (Å²) in [5.41, 5.74) is 13.3. The van der Waals surface area contributed by atoms with E-state index in [1.165, 1.54) is 0 Å². The zero-order valence-corrected chi connectivity index (χ0v) is 27.3. The lowest BCUT2D eigenvalue weighted by Crippen LogP contribution is -2.53. The molecule has 1 spiro atoms. The highest BCUT2D eigenvalue weighted by atomic mass is 16.6. The minimum Gasteiger partial charge on any atom is -0.491 e. The number of hydrogen-bond donors (Lipinski definition) is 5. The molecule has 4 aromatic rings. The van der Waals surface area contributed by atoms with Crippen LogP contribution in [0.25, 0.3) is 0 Å². The number of fused-ring (bicyclic) bond motifs is 3. The molecule has 0 aromatic heterocycles. The summed E-state index contributed by atoms with van der Waals surface area (Å²) in [6.07, 6.45) is -0.811. The molecule has 0 aliphatic carbocycles. The fraction of sp³-hybridized carbons (Fsp3) is 0.231. The summed E-state index contributed by atoms with van der Waals surface area (Å²) < 4.78 is 11.9. The number of morpholine rings is 1. The number of ether oxygens (including phenoxy) is 2. The Hall–Kier alpha value is -6.16. The molecule has 51 heavy (non-hydrogen) atoms. The maximum atomic E-state index is 14.8. The smallest absolute Gasteiger partial charge is 0.324 e. The van der Waals surface area contributed by atoms with E-state index < -0.39 is 59.4 Å². The summed E-state index contributed by atoms with van der Waals surface area (Å²) >= 11 is 0. The number of rotatable bonds is 8. The molecule has 0 saturated carbocycles. The molecule has 12 nitrogen and oxygen atoms in total. The standard InChI is InChI=1S/C39H35N5O7/c40-35(46)30-32-36(47)51-33(25-11-5-2-6-12-25)31(24-9-3-1-4-10-24)44(32)34(26-14-16-27(17-15-26)50-21-20-45)39(30)28-22-23(8-7-19-42-38(41)49)13-18-29(28)43-37(39)48/h1-6,9-18,22,30-34,45H,19-21H2,(H2,40,46)(H,43,48)(H3,41,42,49)/t30-,31-,32-,33+,34+,39-/m1/s1. The number of cyclic esters (lactones) is 1. The fourth-order valence-corrected chi connectivity index (χ4v) is 7.89. The van der Waals surface area contributed by atoms with Gasteiger partial charge in [-0.15, -0.1) is 0 Å². The van der Waals surface area contributed by atoms with E-state index in [-0.39, 0.29) is 19.8 Å². The minimum atomic E-state index is -1.72. The second-order valence-electron chi connectivity index (χ2n) is 12.5. The average molecular weight is 686 g/mol. The molecule has 7 N–H and O–H groups in total. The quantitative estimate of drug-likeness (QED) is 0.138. The summed E-state index contributed by atoms with van der Waals surface area (Å²) in [5, 5.41) is 14.7. The predicted octanol–water partition coefficient (Wildman–Crippen LogP) is 2.83. The fourth-order valence-electron chi connectivity index (χ4n) is 7.89. The number of carbonyl (C=O) groups is 4. The molecule has 0 bridgehead atoms. The van der Waals surface area contributed by atoms with Gasteiger partial charge in [-0.05, 0) is 52.6 Å². The van der Waals surface area contributed by atoms with E-state index in [1.54, 1.807) is 42.5 Å². The number of anilines is 1. The van der Waals surface area contributed by atoms with Gasteiger partial charge in [0.2, 0.25) is 11.8 Å². The highest BCUT2D eigenvalue weighted by Crippen LogP contribution is 2.64. The van der Waals surface area contributed by atoms with Crippen molar-refractivity contribution in [3.63, 3.8) is 0 Å². The molecule has 4 amide bonds. The van der Waals surface area contributed by atoms with Crippen LogP contribution in [0.15, 0.2) is 103 Å². The lowest BCUT2D eigenvalue weighted by Gasteiger charge is -2.46. The molecule has 7 rings (SSSR count). The maximum absolute atomic E-state index is 14.8. The molecule has 3 aliphatic rings. The van der Waals surface area contributed by atoms with Crippen LogP contribution in [0.3, 0.4) is 0 Å². The molecule has 3 heterocycles. The number of aliphatic hydroxyl groups excluding tert-OH is 1. The number of esters is 1. The van der Waals surface area contributed by atoms with Gasteiger partial charge in [0.25, 0.3) is 0 Å². The first kappa shape index (κ1) is 33.3. The Kier molecular flexibility index (Phi) is 8.91. The molecule has 12 heteroatoms. The summed E-state index contributed by atoms with van der Waals surface area (Å²) in [6, 6.07) is 27.5. The molecule has 0 unspecified atom stereocenters.